The number of halogens is 1. The van der Waals surface area contributed by atoms with Crippen molar-refractivity contribution in [3.63, 3.8) is 0 Å². The number of hydrogen-bond acceptors (Lipinski definition) is 8. The number of likely N-dealkylation sites (tertiary alicyclic amines) is 1. The third kappa shape index (κ3) is 4.80. The van der Waals surface area contributed by atoms with Crippen LogP contribution in [0, 0.1) is 11.3 Å². The van der Waals surface area contributed by atoms with E-state index < -0.39 is 0 Å². The average molecular weight is 549 g/mol. The van der Waals surface area contributed by atoms with E-state index >= 15 is 0 Å². The van der Waals surface area contributed by atoms with E-state index in [1.165, 1.54) is 11.8 Å². The number of hydrogen-bond donors (Lipinski definition) is 2. The van der Waals surface area contributed by atoms with Crippen LogP contribution in [-0.2, 0) is 16.1 Å². The molecule has 2 aromatic heterocycles. The van der Waals surface area contributed by atoms with Crippen LogP contribution in [0.25, 0.3) is 11.2 Å². The molecule has 180 valence electrons. The molecule has 2 aliphatic heterocycles. The van der Waals surface area contributed by atoms with Gasteiger partial charge in [0.05, 0.1) is 6.33 Å². The van der Waals surface area contributed by atoms with E-state index in [-0.39, 0.29) is 24.8 Å². The molecule has 4 heterocycles. The van der Waals surface area contributed by atoms with Gasteiger partial charge >= 0.3 is 0 Å². The normalized spacial score (nSPS) is 15.9. The van der Waals surface area contributed by atoms with Gasteiger partial charge in [-0.25, -0.2) is 9.97 Å². The molecule has 3 aromatic rings. The second-order valence-corrected chi connectivity index (χ2v) is 10.2. The van der Waals surface area contributed by atoms with Crippen LogP contribution in [0.5, 0.6) is 11.5 Å². The van der Waals surface area contributed by atoms with Crippen molar-refractivity contribution in [2.75, 3.05) is 33.6 Å². The number of carbonyl (C=O) groups excluding carboxylic acids is 1. The second kappa shape index (κ2) is 9.96. The number of H-pyrrole nitrogens is 1. The Morgan fingerprint density at radius 3 is 2.85 bits per heavy atom. The fourth-order valence-electron chi connectivity index (χ4n) is 4.26. The minimum atomic E-state index is 0.0583. The molecule has 0 unspecified atom stereocenters. The molecule has 1 fully saturated rings. The molecular formula is C22H25BrN6O4S. The fraction of sp³-hybridized carbons (Fsp3) is 0.455. The zero-order chi connectivity index (χ0) is 23.7. The number of nitrogens with zero attached hydrogens (tertiary/aromatic N) is 4. The van der Waals surface area contributed by atoms with E-state index in [0.717, 1.165) is 48.3 Å². The van der Waals surface area contributed by atoms with E-state index in [2.05, 4.69) is 25.9 Å². The third-order valence-electron chi connectivity index (χ3n) is 6.15. The van der Waals surface area contributed by atoms with Gasteiger partial charge < -0.3 is 28.7 Å². The molecule has 1 amide bonds. The summed E-state index contributed by atoms with van der Waals surface area (Å²) in [5, 5.41) is 8.90. The minimum Gasteiger partial charge on any atom is -0.454 e. The van der Waals surface area contributed by atoms with Crippen molar-refractivity contribution < 1.29 is 19.0 Å². The van der Waals surface area contributed by atoms with Crippen LogP contribution in [0.3, 0.4) is 0 Å². The van der Waals surface area contributed by atoms with Crippen molar-refractivity contribution in [2.24, 2.45) is 5.92 Å². The van der Waals surface area contributed by atoms with Crippen LogP contribution >= 0.6 is 27.7 Å². The number of methoxy groups -OCH3 is 1. The van der Waals surface area contributed by atoms with Gasteiger partial charge in [-0.2, -0.15) is 0 Å². The van der Waals surface area contributed by atoms with E-state index in [1.807, 2.05) is 21.6 Å². The smallest absolute Gasteiger partial charge is 0.248 e. The molecule has 0 bridgehead atoms. The van der Waals surface area contributed by atoms with E-state index in [1.54, 1.807) is 13.4 Å². The van der Waals surface area contributed by atoms with Crippen LogP contribution in [-0.4, -0.2) is 63.9 Å². The third-order valence-corrected chi connectivity index (χ3v) is 8.01. The summed E-state index contributed by atoms with van der Waals surface area (Å²) in [7, 11) is 1.55. The lowest BCUT2D eigenvalue weighted by Gasteiger charge is -2.32. The van der Waals surface area contributed by atoms with Crippen LogP contribution in [0.2, 0.25) is 0 Å². The monoisotopic (exact) mass is 548 g/mol. The molecular weight excluding hydrogens is 524 g/mol. The number of ether oxygens (including phenoxy) is 3. The molecule has 34 heavy (non-hydrogen) atoms. The Balaban J connectivity index is 1.28. The summed E-state index contributed by atoms with van der Waals surface area (Å²) in [6, 6.07) is 3.81. The first-order valence-electron chi connectivity index (χ1n) is 11.0. The fourth-order valence-corrected chi connectivity index (χ4v) is 5.64. The Hall–Kier alpha value is -2.57. The number of aryl methyl sites for hydroxylation is 1. The van der Waals surface area contributed by atoms with Crippen molar-refractivity contribution in [3.8, 4) is 11.5 Å². The van der Waals surface area contributed by atoms with Gasteiger partial charge in [0, 0.05) is 36.1 Å². The molecule has 0 radical (unpaired) electrons. The number of imidazole rings is 1. The summed E-state index contributed by atoms with van der Waals surface area (Å²) < 4.78 is 18.8. The highest BCUT2D eigenvalue weighted by molar-refractivity contribution is 9.10. The molecule has 0 saturated carbocycles. The zero-order valence-electron chi connectivity index (χ0n) is 18.7. The van der Waals surface area contributed by atoms with E-state index in [0.29, 0.717) is 33.7 Å². The van der Waals surface area contributed by atoms with Gasteiger partial charge in [-0.15, -0.1) is 0 Å². The molecule has 0 atom stereocenters. The summed E-state index contributed by atoms with van der Waals surface area (Å²) in [5.41, 5.74) is 1.49. The second-order valence-electron chi connectivity index (χ2n) is 8.31. The Morgan fingerprint density at radius 1 is 1.32 bits per heavy atom. The molecule has 5 rings (SSSR count). The van der Waals surface area contributed by atoms with Gasteiger partial charge in [0.15, 0.2) is 27.8 Å². The van der Waals surface area contributed by atoms with Crippen molar-refractivity contribution in [1.29, 1.82) is 5.41 Å². The molecule has 0 aliphatic carbocycles. The van der Waals surface area contributed by atoms with Gasteiger partial charge in [-0.05, 0) is 53.2 Å². The highest BCUT2D eigenvalue weighted by Gasteiger charge is 2.23. The molecule has 1 aromatic carbocycles. The maximum atomic E-state index is 12.0. The van der Waals surface area contributed by atoms with Crippen molar-refractivity contribution in [2.45, 2.75) is 35.9 Å². The first kappa shape index (κ1) is 23.2. The Morgan fingerprint density at radius 2 is 2.09 bits per heavy atom. The van der Waals surface area contributed by atoms with Crippen molar-refractivity contribution >= 4 is 44.8 Å². The highest BCUT2D eigenvalue weighted by Crippen LogP contribution is 2.42. The SMILES string of the molecule is COCC(=O)N1CCC(CCn2cnc(=N)c3[nH]c(Sc4cc5c(cc4Br)OCO5)nc32)CC1. The van der Waals surface area contributed by atoms with Gasteiger partial charge in [0.2, 0.25) is 12.7 Å². The zero-order valence-corrected chi connectivity index (χ0v) is 21.1. The molecule has 12 heteroatoms. The Labute approximate surface area is 208 Å². The minimum absolute atomic E-state index is 0.0583. The predicted octanol–water partition coefficient (Wildman–Crippen LogP) is 3.16. The quantitative estimate of drug-likeness (QED) is 0.465. The number of aromatic amines is 1. The number of benzene rings is 1. The van der Waals surface area contributed by atoms with Crippen LogP contribution in [0.1, 0.15) is 19.3 Å². The first-order valence-corrected chi connectivity index (χ1v) is 12.7. The molecule has 1 saturated heterocycles. The largest absolute Gasteiger partial charge is 0.454 e. The number of piperidine rings is 1. The molecule has 2 N–H and O–H groups in total. The lowest BCUT2D eigenvalue weighted by molar-refractivity contribution is -0.136. The average Bonchev–Trinajstić information content (AvgIpc) is 3.47. The van der Waals surface area contributed by atoms with Crippen molar-refractivity contribution in [3.05, 3.63) is 28.4 Å². The number of rotatable bonds is 7. The number of nitrogens with one attached hydrogen (secondary N) is 2. The summed E-state index contributed by atoms with van der Waals surface area (Å²) >= 11 is 5.04. The maximum absolute atomic E-state index is 12.0. The van der Waals surface area contributed by atoms with Gasteiger partial charge in [0.1, 0.15) is 12.1 Å². The number of amides is 1. The maximum Gasteiger partial charge on any atom is 0.248 e. The van der Waals surface area contributed by atoms with Gasteiger partial charge in [-0.3, -0.25) is 10.2 Å². The topological polar surface area (TPSA) is 118 Å². The summed E-state index contributed by atoms with van der Waals surface area (Å²) in [6.45, 7) is 2.65. The molecule has 0 spiro atoms. The Bertz CT molecular complexity index is 1270. The number of carbonyl (C=O) groups is 1. The number of fused-ring (bicyclic) bond motifs is 2. The summed E-state index contributed by atoms with van der Waals surface area (Å²) in [6.07, 6.45) is 4.60. The van der Waals surface area contributed by atoms with Gasteiger partial charge in [0.25, 0.3) is 0 Å². The lowest BCUT2D eigenvalue weighted by atomic mass is 9.93. The van der Waals surface area contributed by atoms with Crippen molar-refractivity contribution in [1.82, 2.24) is 24.4 Å². The predicted molar refractivity (Wildman–Crippen MR) is 128 cm³/mol. The standard InChI is InChI=1S/C22H25BrN6O4S/c1-31-10-18(30)28-5-2-13(3-6-28)4-7-29-11-25-20(24)19-21(29)27-22(26-19)34-17-9-16-15(8-14(17)23)32-12-33-16/h8-9,11,13,24H,2-7,10,12H2,1H3,(H,26,27). The molecule has 10 nitrogen and oxygen atoms in total. The van der Waals surface area contributed by atoms with Crippen LogP contribution in [0.15, 0.2) is 33.0 Å². The van der Waals surface area contributed by atoms with E-state index in [9.17, 15) is 4.79 Å². The highest BCUT2D eigenvalue weighted by atomic mass is 79.9. The number of aromatic nitrogens is 4. The summed E-state index contributed by atoms with van der Waals surface area (Å²) in [5.74, 6) is 2.00. The Kier molecular flexibility index (Phi) is 6.79. The lowest BCUT2D eigenvalue weighted by Crippen LogP contribution is -2.40. The molecule has 2 aliphatic rings. The van der Waals surface area contributed by atoms with Crippen LogP contribution < -0.4 is 15.0 Å². The summed E-state index contributed by atoms with van der Waals surface area (Å²) in [4.78, 5) is 27.1. The first-order chi connectivity index (χ1) is 16.5. The van der Waals surface area contributed by atoms with Crippen LogP contribution in [0.4, 0.5) is 0 Å². The van der Waals surface area contributed by atoms with Gasteiger partial charge in [-0.1, -0.05) is 11.8 Å². The van der Waals surface area contributed by atoms with E-state index in [4.69, 9.17) is 24.6 Å².